The van der Waals surface area contributed by atoms with Crippen LogP contribution in [0.1, 0.15) is 38.3 Å². The average molecular weight is 432 g/mol. The van der Waals surface area contributed by atoms with Crippen molar-refractivity contribution in [2.75, 3.05) is 25.6 Å². The predicted molar refractivity (Wildman–Crippen MR) is 124 cm³/mol. The Morgan fingerprint density at radius 3 is 2.08 bits per heavy atom. The van der Waals surface area contributed by atoms with Gasteiger partial charge in [-0.1, -0.05) is 49.5 Å². The van der Waals surface area contributed by atoms with Crippen LogP contribution in [0.5, 0.6) is 0 Å². The van der Waals surface area contributed by atoms with Gasteiger partial charge in [-0.15, -0.1) is 0 Å². The minimum Gasteiger partial charge on any atom is -0.374 e. The number of rotatable bonds is 13. The van der Waals surface area contributed by atoms with Gasteiger partial charge in [0.15, 0.2) is 0 Å². The van der Waals surface area contributed by atoms with Crippen LogP contribution in [0.15, 0.2) is 30.8 Å². The fourth-order valence-electron chi connectivity index (χ4n) is 2.64. The molecular formula is C19H31O3S3Si+. The third-order valence-corrected chi connectivity index (χ3v) is 10.4. The third-order valence-electron chi connectivity index (χ3n) is 3.77. The maximum absolute atomic E-state index is 5.93. The second-order valence-corrected chi connectivity index (χ2v) is 12.2. The molecule has 0 bridgehead atoms. The molecule has 0 aliphatic carbocycles. The first kappa shape index (κ1) is 23.9. The van der Waals surface area contributed by atoms with Crippen LogP contribution >= 0.6 is 24.8 Å². The summed E-state index contributed by atoms with van der Waals surface area (Å²) in [5.74, 6) is 1.90. The van der Waals surface area contributed by atoms with E-state index in [0.717, 1.165) is 33.1 Å². The number of thiocarbonyl (C=S) groups is 1. The van der Waals surface area contributed by atoms with Crippen molar-refractivity contribution >= 4 is 54.2 Å². The van der Waals surface area contributed by atoms with Gasteiger partial charge in [-0.05, 0) is 45.0 Å². The molecule has 1 atom stereocenters. The van der Waals surface area contributed by atoms with Crippen molar-refractivity contribution in [1.29, 1.82) is 0 Å². The van der Waals surface area contributed by atoms with Crippen molar-refractivity contribution in [3.63, 3.8) is 0 Å². The molecule has 0 aliphatic rings. The lowest BCUT2D eigenvalue weighted by atomic mass is 10.1. The van der Waals surface area contributed by atoms with E-state index in [1.807, 2.05) is 26.8 Å². The quantitative estimate of drug-likeness (QED) is 0.203. The summed E-state index contributed by atoms with van der Waals surface area (Å²) in [4.78, 5) is 0. The van der Waals surface area contributed by atoms with Crippen molar-refractivity contribution in [3.8, 4) is 0 Å². The van der Waals surface area contributed by atoms with E-state index in [2.05, 4.69) is 43.5 Å². The van der Waals surface area contributed by atoms with Gasteiger partial charge in [0.05, 0.1) is 0 Å². The molecule has 7 heteroatoms. The molecular weight excluding hydrogens is 400 g/mol. The van der Waals surface area contributed by atoms with Crippen molar-refractivity contribution in [2.45, 2.75) is 39.0 Å². The van der Waals surface area contributed by atoms with Gasteiger partial charge in [0.25, 0.3) is 0 Å². The first-order valence-corrected chi connectivity index (χ1v) is 13.4. The van der Waals surface area contributed by atoms with Crippen LogP contribution in [0, 0.1) is 0 Å². The fourth-order valence-corrected chi connectivity index (χ4v) is 7.93. The molecule has 0 saturated heterocycles. The van der Waals surface area contributed by atoms with Gasteiger partial charge in [-0.3, -0.25) is 0 Å². The van der Waals surface area contributed by atoms with E-state index in [4.69, 9.17) is 25.5 Å². The zero-order valence-corrected chi connectivity index (χ0v) is 19.6. The summed E-state index contributed by atoms with van der Waals surface area (Å²) in [6.07, 6.45) is 2.81. The highest BCUT2D eigenvalue weighted by Gasteiger charge is 2.40. The van der Waals surface area contributed by atoms with Crippen LogP contribution in [0.4, 0.5) is 0 Å². The topological polar surface area (TPSA) is 27.7 Å². The highest BCUT2D eigenvalue weighted by Crippen LogP contribution is 2.22. The van der Waals surface area contributed by atoms with Crippen molar-refractivity contribution in [1.82, 2.24) is 0 Å². The van der Waals surface area contributed by atoms with E-state index < -0.39 is 8.80 Å². The third kappa shape index (κ3) is 8.25. The molecule has 0 spiro atoms. The first-order chi connectivity index (χ1) is 12.5. The standard InChI is InChI=1S/C19H30O3S3Si/c1-5-17-10-12-18(13-11-17)16-25(19(23)24)14-9-15-26(20-6-2,21-7-3)22-8-4/h5,10-13H,1,6-9,14-16H2,2-4H3/p+1. The number of hydrogen-bond acceptors (Lipinski definition) is 4. The maximum atomic E-state index is 5.93. The highest BCUT2D eigenvalue weighted by molar-refractivity contribution is 8.39. The van der Waals surface area contributed by atoms with Crippen molar-refractivity contribution in [2.24, 2.45) is 0 Å². The summed E-state index contributed by atoms with van der Waals surface area (Å²) in [6, 6.07) is 9.27. The zero-order chi connectivity index (χ0) is 19.4. The Morgan fingerprint density at radius 2 is 1.65 bits per heavy atom. The van der Waals surface area contributed by atoms with Crippen LogP contribution in [0.2, 0.25) is 6.04 Å². The van der Waals surface area contributed by atoms with E-state index in [0.29, 0.717) is 19.8 Å². The Kier molecular flexibility index (Phi) is 12.0. The summed E-state index contributed by atoms with van der Waals surface area (Å²) < 4.78 is 18.6. The summed E-state index contributed by atoms with van der Waals surface area (Å²) >= 11 is 9.88. The zero-order valence-electron chi connectivity index (χ0n) is 16.0. The van der Waals surface area contributed by atoms with E-state index >= 15 is 0 Å². The van der Waals surface area contributed by atoms with E-state index in [1.54, 1.807) is 0 Å². The van der Waals surface area contributed by atoms with Crippen LogP contribution in [-0.4, -0.2) is 37.9 Å². The van der Waals surface area contributed by atoms with E-state index in [-0.39, 0.29) is 10.9 Å². The molecule has 0 aromatic heterocycles. The van der Waals surface area contributed by atoms with Crippen LogP contribution < -0.4 is 0 Å². The van der Waals surface area contributed by atoms with Gasteiger partial charge in [-0.25, -0.2) is 0 Å². The summed E-state index contributed by atoms with van der Waals surface area (Å²) in [5.41, 5.74) is 2.40. The lowest BCUT2D eigenvalue weighted by Crippen LogP contribution is -2.46. The van der Waals surface area contributed by atoms with Gasteiger partial charge < -0.3 is 13.3 Å². The molecule has 0 amide bonds. The Hall–Kier alpha value is -0.153. The molecule has 0 saturated carbocycles. The molecule has 0 aliphatic heterocycles. The molecule has 146 valence electrons. The van der Waals surface area contributed by atoms with Gasteiger partial charge >= 0.3 is 8.80 Å². The van der Waals surface area contributed by atoms with Crippen molar-refractivity contribution < 1.29 is 13.3 Å². The molecule has 1 rings (SSSR count). The molecule has 0 fully saturated rings. The summed E-state index contributed by atoms with van der Waals surface area (Å²) in [7, 11) is -2.63. The molecule has 0 N–H and O–H groups in total. The van der Waals surface area contributed by atoms with Crippen LogP contribution in [-0.2, 0) is 29.9 Å². The lowest BCUT2D eigenvalue weighted by Gasteiger charge is -2.28. The first-order valence-electron chi connectivity index (χ1n) is 9.03. The number of benzene rings is 1. The lowest BCUT2D eigenvalue weighted by molar-refractivity contribution is 0.0712. The van der Waals surface area contributed by atoms with Crippen LogP contribution in [0.3, 0.4) is 0 Å². The summed E-state index contributed by atoms with van der Waals surface area (Å²) in [6.45, 7) is 11.6. The van der Waals surface area contributed by atoms with Gasteiger partial charge in [0.2, 0.25) is 3.53 Å². The predicted octanol–water partition coefficient (Wildman–Crippen LogP) is 5.10. The number of thiol groups is 1. The maximum Gasteiger partial charge on any atom is 0.501 e. The summed E-state index contributed by atoms with van der Waals surface area (Å²) in [5, 5.41) is 0. The second-order valence-electron chi connectivity index (χ2n) is 5.64. The van der Waals surface area contributed by atoms with Gasteiger partial charge in [0.1, 0.15) is 11.5 Å². The van der Waals surface area contributed by atoms with Gasteiger partial charge in [0, 0.05) is 42.3 Å². The molecule has 1 aromatic rings. The van der Waals surface area contributed by atoms with Gasteiger partial charge in [-0.2, -0.15) is 0 Å². The minimum atomic E-state index is -2.58. The molecule has 3 nitrogen and oxygen atoms in total. The Morgan fingerprint density at radius 1 is 1.12 bits per heavy atom. The minimum absolute atomic E-state index is 0.0568. The van der Waals surface area contributed by atoms with Crippen molar-refractivity contribution in [3.05, 3.63) is 42.0 Å². The monoisotopic (exact) mass is 431 g/mol. The fraction of sp³-hybridized carbons (Fsp3) is 0.526. The van der Waals surface area contributed by atoms with Crippen LogP contribution in [0.25, 0.3) is 6.08 Å². The highest BCUT2D eigenvalue weighted by atomic mass is 32.3. The molecule has 0 heterocycles. The molecule has 26 heavy (non-hydrogen) atoms. The second kappa shape index (κ2) is 13.1. The van der Waals surface area contributed by atoms with E-state index in [9.17, 15) is 0 Å². The average Bonchev–Trinajstić information content (AvgIpc) is 2.62. The smallest absolute Gasteiger partial charge is 0.374 e. The molecule has 0 radical (unpaired) electrons. The Balaban J connectivity index is 2.68. The van der Waals surface area contributed by atoms with E-state index in [1.165, 1.54) is 5.56 Å². The number of hydrogen-bond donors (Lipinski definition) is 1. The SMILES string of the molecule is C=Cc1ccc(C[S+](CCC[Si](OCC)(OCC)OCC)C(=S)S)cc1. The molecule has 1 aromatic carbocycles. The normalized spacial score (nSPS) is 12.8. The Labute approximate surface area is 173 Å². The Bertz CT molecular complexity index is 534. The molecule has 1 unspecified atom stereocenters. The largest absolute Gasteiger partial charge is 0.501 e.